The first-order chi connectivity index (χ1) is 11.0. The minimum atomic E-state index is -0.989. The zero-order valence-corrected chi connectivity index (χ0v) is 12.7. The molecule has 124 valence electrons. The van der Waals surface area contributed by atoms with Crippen LogP contribution < -0.4 is 10.6 Å². The van der Waals surface area contributed by atoms with Crippen LogP contribution in [0.15, 0.2) is 30.3 Å². The molecule has 7 heteroatoms. The van der Waals surface area contributed by atoms with E-state index in [0.717, 1.165) is 0 Å². The molecule has 0 spiro atoms. The summed E-state index contributed by atoms with van der Waals surface area (Å²) in [6.45, 7) is 0.575. The molecule has 0 aliphatic carbocycles. The Morgan fingerprint density at radius 3 is 2.35 bits per heavy atom. The van der Waals surface area contributed by atoms with Crippen molar-refractivity contribution in [2.24, 2.45) is 5.41 Å². The molecule has 3 N–H and O–H groups in total. The second-order valence-electron chi connectivity index (χ2n) is 5.52. The number of carboxylic acids is 1. The molecule has 2 amide bonds. The largest absolute Gasteiger partial charge is 0.481 e. The van der Waals surface area contributed by atoms with E-state index in [1.807, 2.05) is 0 Å². The van der Waals surface area contributed by atoms with Gasteiger partial charge in [0.25, 0.3) is 5.91 Å². The van der Waals surface area contributed by atoms with Crippen molar-refractivity contribution in [3.8, 4) is 0 Å². The lowest BCUT2D eigenvalue weighted by atomic mass is 9.80. The van der Waals surface area contributed by atoms with Crippen LogP contribution >= 0.6 is 0 Å². The van der Waals surface area contributed by atoms with Crippen LogP contribution in [-0.4, -0.2) is 49.2 Å². The minimum absolute atomic E-state index is 0.0335. The molecule has 0 radical (unpaired) electrons. The third-order valence-electron chi connectivity index (χ3n) is 3.97. The molecular formula is C16H20N2O5. The van der Waals surface area contributed by atoms with Crippen LogP contribution in [0.25, 0.3) is 0 Å². The predicted octanol–water partition coefficient (Wildman–Crippen LogP) is 0.414. The maximum absolute atomic E-state index is 11.8. The van der Waals surface area contributed by atoms with Crippen molar-refractivity contribution in [3.05, 3.63) is 35.9 Å². The Balaban J connectivity index is 1.80. The SMILES string of the molecule is O=C(CNC(=O)c1ccccc1)NCC1(C(=O)O)CCOCC1. The Kier molecular flexibility index (Phi) is 5.70. The third-order valence-corrected chi connectivity index (χ3v) is 3.97. The van der Waals surface area contributed by atoms with E-state index in [9.17, 15) is 19.5 Å². The number of carboxylic acid groups (broad SMARTS) is 1. The summed E-state index contributed by atoms with van der Waals surface area (Å²) in [4.78, 5) is 35.1. The van der Waals surface area contributed by atoms with Gasteiger partial charge in [0, 0.05) is 25.3 Å². The molecule has 1 fully saturated rings. The van der Waals surface area contributed by atoms with Gasteiger partial charge in [0.2, 0.25) is 5.91 Å². The molecule has 1 heterocycles. The minimum Gasteiger partial charge on any atom is -0.481 e. The molecule has 1 aromatic rings. The van der Waals surface area contributed by atoms with Crippen LogP contribution in [0.2, 0.25) is 0 Å². The number of nitrogens with one attached hydrogen (secondary N) is 2. The first-order valence-corrected chi connectivity index (χ1v) is 7.45. The number of carbonyl (C=O) groups excluding carboxylic acids is 2. The van der Waals surface area contributed by atoms with Gasteiger partial charge in [-0.1, -0.05) is 18.2 Å². The highest BCUT2D eigenvalue weighted by molar-refractivity contribution is 5.96. The molecule has 7 nitrogen and oxygen atoms in total. The Morgan fingerprint density at radius 2 is 1.74 bits per heavy atom. The fourth-order valence-corrected chi connectivity index (χ4v) is 2.41. The van der Waals surface area contributed by atoms with E-state index < -0.39 is 17.3 Å². The number of ether oxygens (including phenoxy) is 1. The average molecular weight is 320 g/mol. The maximum atomic E-state index is 11.8. The van der Waals surface area contributed by atoms with Crippen molar-refractivity contribution in [1.29, 1.82) is 0 Å². The summed E-state index contributed by atoms with van der Waals surface area (Å²) >= 11 is 0. The molecule has 0 aromatic heterocycles. The summed E-state index contributed by atoms with van der Waals surface area (Å²) in [5.41, 5.74) is -0.524. The number of carbonyl (C=O) groups is 3. The first kappa shape index (κ1) is 17.0. The first-order valence-electron chi connectivity index (χ1n) is 7.45. The van der Waals surface area contributed by atoms with Gasteiger partial charge in [-0.2, -0.15) is 0 Å². The van der Waals surface area contributed by atoms with Gasteiger partial charge in [-0.25, -0.2) is 0 Å². The molecule has 23 heavy (non-hydrogen) atoms. The van der Waals surface area contributed by atoms with Crippen LogP contribution in [0.5, 0.6) is 0 Å². The topological polar surface area (TPSA) is 105 Å². The van der Waals surface area contributed by atoms with Crippen molar-refractivity contribution in [1.82, 2.24) is 10.6 Å². The van der Waals surface area contributed by atoms with Crippen LogP contribution in [0.4, 0.5) is 0 Å². The molecule has 0 unspecified atom stereocenters. The van der Waals surface area contributed by atoms with Crippen molar-refractivity contribution in [2.75, 3.05) is 26.3 Å². The summed E-state index contributed by atoms with van der Waals surface area (Å²) in [6.07, 6.45) is 0.720. The van der Waals surface area contributed by atoms with Gasteiger partial charge in [-0.15, -0.1) is 0 Å². The van der Waals surface area contributed by atoms with Crippen LogP contribution in [0.1, 0.15) is 23.2 Å². The standard InChI is InChI=1S/C16H20N2O5/c19-13(10-17-14(20)12-4-2-1-3-5-12)18-11-16(15(21)22)6-8-23-9-7-16/h1-5H,6-11H2,(H,17,20)(H,18,19)(H,21,22). The highest BCUT2D eigenvalue weighted by atomic mass is 16.5. The number of rotatable bonds is 6. The summed E-state index contributed by atoms with van der Waals surface area (Å²) in [5, 5.41) is 14.5. The highest BCUT2D eigenvalue weighted by Gasteiger charge is 2.40. The molecule has 0 saturated carbocycles. The number of amides is 2. The van der Waals surface area contributed by atoms with Gasteiger partial charge in [0.05, 0.1) is 12.0 Å². The maximum Gasteiger partial charge on any atom is 0.311 e. The lowest BCUT2D eigenvalue weighted by molar-refractivity contribution is -0.154. The summed E-state index contributed by atoms with van der Waals surface area (Å²) in [6, 6.07) is 8.56. The monoisotopic (exact) mass is 320 g/mol. The van der Waals surface area contributed by atoms with Crippen LogP contribution in [-0.2, 0) is 14.3 Å². The lowest BCUT2D eigenvalue weighted by Gasteiger charge is -2.33. The Hall–Kier alpha value is -2.41. The summed E-state index contributed by atoms with van der Waals surface area (Å²) in [5.74, 6) is -1.70. The van der Waals surface area contributed by atoms with Gasteiger partial charge in [-0.3, -0.25) is 14.4 Å². The van der Waals surface area contributed by atoms with Gasteiger partial charge >= 0.3 is 5.97 Å². The Morgan fingerprint density at radius 1 is 1.09 bits per heavy atom. The van der Waals surface area contributed by atoms with Crippen molar-refractivity contribution in [3.63, 3.8) is 0 Å². The molecule has 1 aliphatic heterocycles. The van der Waals surface area contributed by atoms with Crippen molar-refractivity contribution < 1.29 is 24.2 Å². The van der Waals surface area contributed by atoms with E-state index >= 15 is 0 Å². The predicted molar refractivity (Wildman–Crippen MR) is 81.9 cm³/mol. The third kappa shape index (κ3) is 4.53. The molecular weight excluding hydrogens is 300 g/mol. The smallest absolute Gasteiger partial charge is 0.311 e. The van der Waals surface area contributed by atoms with E-state index in [2.05, 4.69) is 10.6 Å². The number of aliphatic carboxylic acids is 1. The summed E-state index contributed by atoms with van der Waals surface area (Å²) in [7, 11) is 0. The van der Waals surface area contributed by atoms with E-state index in [1.165, 1.54) is 0 Å². The van der Waals surface area contributed by atoms with Crippen molar-refractivity contribution in [2.45, 2.75) is 12.8 Å². The number of benzene rings is 1. The van der Waals surface area contributed by atoms with Crippen molar-refractivity contribution >= 4 is 17.8 Å². The molecule has 1 aromatic carbocycles. The van der Waals surface area contributed by atoms with Gasteiger partial charge in [-0.05, 0) is 25.0 Å². The van der Waals surface area contributed by atoms with E-state index in [1.54, 1.807) is 30.3 Å². The van der Waals surface area contributed by atoms with Gasteiger partial charge in [0.1, 0.15) is 0 Å². The quantitative estimate of drug-likeness (QED) is 0.704. The van der Waals surface area contributed by atoms with E-state index in [4.69, 9.17) is 4.74 Å². The fourth-order valence-electron chi connectivity index (χ4n) is 2.41. The zero-order valence-electron chi connectivity index (χ0n) is 12.7. The molecule has 1 aliphatic rings. The molecule has 0 atom stereocenters. The van der Waals surface area contributed by atoms with Crippen LogP contribution in [0.3, 0.4) is 0 Å². The van der Waals surface area contributed by atoms with Gasteiger partial charge in [0.15, 0.2) is 0 Å². The Bertz CT molecular complexity index is 567. The second-order valence-corrected chi connectivity index (χ2v) is 5.52. The Labute approximate surface area is 134 Å². The highest BCUT2D eigenvalue weighted by Crippen LogP contribution is 2.29. The fraction of sp³-hybridized carbons (Fsp3) is 0.438. The van der Waals surface area contributed by atoms with E-state index in [0.29, 0.717) is 31.6 Å². The van der Waals surface area contributed by atoms with E-state index in [-0.39, 0.29) is 19.0 Å². The second kappa shape index (κ2) is 7.73. The van der Waals surface area contributed by atoms with Gasteiger partial charge < -0.3 is 20.5 Å². The zero-order chi connectivity index (χ0) is 16.7. The average Bonchev–Trinajstić information content (AvgIpc) is 2.59. The molecule has 0 bridgehead atoms. The van der Waals surface area contributed by atoms with Crippen LogP contribution in [0, 0.1) is 5.41 Å². The number of hydrogen-bond donors (Lipinski definition) is 3. The number of hydrogen-bond acceptors (Lipinski definition) is 4. The normalized spacial score (nSPS) is 16.3. The molecule has 1 saturated heterocycles. The summed E-state index contributed by atoms with van der Waals surface area (Å²) < 4.78 is 5.18. The lowest BCUT2D eigenvalue weighted by Crippen LogP contribution is -2.48. The molecule has 2 rings (SSSR count).